The smallest absolute Gasteiger partial charge is 0.0315 e. The molecule has 0 aromatic carbocycles. The van der Waals surface area contributed by atoms with E-state index in [9.17, 15) is 0 Å². The minimum absolute atomic E-state index is 0.165. The number of pyridine rings is 1. The van der Waals surface area contributed by atoms with Crippen LogP contribution in [0.5, 0.6) is 0 Å². The van der Waals surface area contributed by atoms with Gasteiger partial charge in [-0.1, -0.05) is 25.8 Å². The van der Waals surface area contributed by atoms with E-state index in [1.807, 2.05) is 18.3 Å². The summed E-state index contributed by atoms with van der Waals surface area (Å²) in [7, 11) is 0. The molecule has 0 unspecified atom stereocenters. The van der Waals surface area contributed by atoms with Crippen LogP contribution in [0, 0.1) is 0 Å². The van der Waals surface area contributed by atoms with Crippen LogP contribution in [0.3, 0.4) is 0 Å². The summed E-state index contributed by atoms with van der Waals surface area (Å²) in [5.41, 5.74) is 7.09. The van der Waals surface area contributed by atoms with E-state index < -0.39 is 0 Å². The molecule has 1 rings (SSSR count). The highest BCUT2D eigenvalue weighted by molar-refractivity contribution is 5.12. The van der Waals surface area contributed by atoms with Crippen LogP contribution in [-0.4, -0.2) is 4.98 Å². The summed E-state index contributed by atoms with van der Waals surface area (Å²) in [5.74, 6) is 0. The molecule has 1 aromatic rings. The second kappa shape index (κ2) is 4.88. The molecule has 2 heteroatoms. The van der Waals surface area contributed by atoms with Gasteiger partial charge in [0, 0.05) is 18.4 Å². The number of nitrogens with zero attached hydrogens (tertiary/aromatic N) is 1. The van der Waals surface area contributed by atoms with Crippen LogP contribution >= 0.6 is 0 Å². The molecule has 2 nitrogen and oxygen atoms in total. The molecule has 12 heavy (non-hydrogen) atoms. The van der Waals surface area contributed by atoms with Crippen molar-refractivity contribution in [2.45, 2.75) is 32.2 Å². The lowest BCUT2D eigenvalue weighted by molar-refractivity contribution is 0.602. The van der Waals surface area contributed by atoms with Gasteiger partial charge in [-0.2, -0.15) is 0 Å². The Hall–Kier alpha value is -0.890. The highest BCUT2D eigenvalue weighted by atomic mass is 14.7. The Morgan fingerprint density at radius 1 is 1.58 bits per heavy atom. The Morgan fingerprint density at radius 3 is 3.00 bits per heavy atom. The van der Waals surface area contributed by atoms with Crippen LogP contribution in [0.1, 0.15) is 37.8 Å². The van der Waals surface area contributed by atoms with Crippen LogP contribution in [0.2, 0.25) is 0 Å². The van der Waals surface area contributed by atoms with Gasteiger partial charge < -0.3 is 5.73 Å². The van der Waals surface area contributed by atoms with Crippen molar-refractivity contribution in [1.82, 2.24) is 4.98 Å². The molecule has 0 amide bonds. The Kier molecular flexibility index (Phi) is 3.74. The Labute approximate surface area is 73.8 Å². The highest BCUT2D eigenvalue weighted by Gasteiger charge is 2.03. The van der Waals surface area contributed by atoms with Crippen molar-refractivity contribution < 1.29 is 0 Å². The number of unbranched alkanes of at least 4 members (excludes halogenated alkanes) is 1. The number of aromatic nitrogens is 1. The molecule has 0 spiro atoms. The van der Waals surface area contributed by atoms with Crippen molar-refractivity contribution in [3.05, 3.63) is 30.1 Å². The molecule has 1 heterocycles. The molecule has 0 aliphatic carbocycles. The molecule has 66 valence electrons. The van der Waals surface area contributed by atoms with Gasteiger partial charge in [-0.05, 0) is 18.1 Å². The van der Waals surface area contributed by atoms with Gasteiger partial charge in [-0.3, -0.25) is 4.98 Å². The molecule has 0 aliphatic rings. The maximum Gasteiger partial charge on any atom is 0.0315 e. The Morgan fingerprint density at radius 2 is 2.42 bits per heavy atom. The van der Waals surface area contributed by atoms with Crippen molar-refractivity contribution >= 4 is 0 Å². The molecular formula is C10H16N2. The van der Waals surface area contributed by atoms with Gasteiger partial charge in [0.15, 0.2) is 0 Å². The first-order chi connectivity index (χ1) is 5.84. The lowest BCUT2D eigenvalue weighted by Gasteiger charge is -2.09. The first kappa shape index (κ1) is 9.20. The van der Waals surface area contributed by atoms with Gasteiger partial charge in [-0.15, -0.1) is 0 Å². The molecule has 0 radical (unpaired) electrons. The number of hydrogen-bond donors (Lipinski definition) is 1. The number of hydrogen-bond acceptors (Lipinski definition) is 2. The summed E-state index contributed by atoms with van der Waals surface area (Å²) in [6.45, 7) is 2.18. The zero-order chi connectivity index (χ0) is 8.81. The van der Waals surface area contributed by atoms with E-state index in [1.165, 1.54) is 12.8 Å². The highest BCUT2D eigenvalue weighted by Crippen LogP contribution is 2.14. The number of rotatable bonds is 4. The Balaban J connectivity index is 2.48. The monoisotopic (exact) mass is 164 g/mol. The van der Waals surface area contributed by atoms with Crippen LogP contribution < -0.4 is 5.73 Å². The quantitative estimate of drug-likeness (QED) is 0.741. The maximum absolute atomic E-state index is 5.94. The largest absolute Gasteiger partial charge is 0.324 e. The summed E-state index contributed by atoms with van der Waals surface area (Å²) in [5, 5.41) is 0. The first-order valence-corrected chi connectivity index (χ1v) is 4.50. The molecule has 0 fully saturated rings. The molecule has 2 N–H and O–H groups in total. The third kappa shape index (κ3) is 2.62. The third-order valence-electron chi connectivity index (χ3n) is 1.98. The molecule has 0 aliphatic heterocycles. The lowest BCUT2D eigenvalue weighted by Crippen LogP contribution is -2.09. The summed E-state index contributed by atoms with van der Waals surface area (Å²) < 4.78 is 0. The summed E-state index contributed by atoms with van der Waals surface area (Å²) in [6, 6.07) is 4.13. The van der Waals surface area contributed by atoms with Gasteiger partial charge in [-0.25, -0.2) is 0 Å². The SMILES string of the molecule is CCCC[C@H](N)c1cccnc1. The molecule has 0 saturated heterocycles. The van der Waals surface area contributed by atoms with Gasteiger partial charge in [0.1, 0.15) is 0 Å². The van der Waals surface area contributed by atoms with Crippen molar-refractivity contribution in [3.63, 3.8) is 0 Å². The van der Waals surface area contributed by atoms with Gasteiger partial charge in [0.05, 0.1) is 0 Å². The van der Waals surface area contributed by atoms with Crippen LogP contribution in [0.4, 0.5) is 0 Å². The van der Waals surface area contributed by atoms with Crippen LogP contribution in [0.15, 0.2) is 24.5 Å². The van der Waals surface area contributed by atoms with Gasteiger partial charge >= 0.3 is 0 Å². The van der Waals surface area contributed by atoms with E-state index >= 15 is 0 Å². The normalized spacial score (nSPS) is 12.8. The minimum Gasteiger partial charge on any atom is -0.324 e. The fourth-order valence-corrected chi connectivity index (χ4v) is 1.19. The number of nitrogens with two attached hydrogens (primary N) is 1. The lowest BCUT2D eigenvalue weighted by atomic mass is 10.0. The van der Waals surface area contributed by atoms with Crippen molar-refractivity contribution in [2.75, 3.05) is 0 Å². The summed E-state index contributed by atoms with van der Waals surface area (Å²) in [6.07, 6.45) is 7.07. The van der Waals surface area contributed by atoms with E-state index in [0.29, 0.717) is 0 Å². The standard InChI is InChI=1S/C10H16N2/c1-2-3-6-10(11)9-5-4-7-12-8-9/h4-5,7-8,10H,2-3,6,11H2,1H3/t10-/m0/s1. The molecule has 0 bridgehead atoms. The van der Waals surface area contributed by atoms with Crippen LogP contribution in [0.25, 0.3) is 0 Å². The fraction of sp³-hybridized carbons (Fsp3) is 0.500. The van der Waals surface area contributed by atoms with E-state index in [0.717, 1.165) is 12.0 Å². The molecule has 1 aromatic heterocycles. The van der Waals surface area contributed by atoms with Crippen LogP contribution in [-0.2, 0) is 0 Å². The van der Waals surface area contributed by atoms with E-state index in [2.05, 4.69) is 11.9 Å². The molecule has 1 atom stereocenters. The predicted octanol–water partition coefficient (Wildman–Crippen LogP) is 2.27. The summed E-state index contributed by atoms with van der Waals surface area (Å²) >= 11 is 0. The second-order valence-electron chi connectivity index (χ2n) is 3.04. The minimum atomic E-state index is 0.165. The van der Waals surface area contributed by atoms with Crippen molar-refractivity contribution in [2.24, 2.45) is 5.73 Å². The third-order valence-corrected chi connectivity index (χ3v) is 1.98. The summed E-state index contributed by atoms with van der Waals surface area (Å²) in [4.78, 5) is 4.03. The molecule has 0 saturated carbocycles. The van der Waals surface area contributed by atoms with Crippen molar-refractivity contribution in [1.29, 1.82) is 0 Å². The van der Waals surface area contributed by atoms with E-state index in [4.69, 9.17) is 5.73 Å². The zero-order valence-electron chi connectivity index (χ0n) is 7.53. The Bertz CT molecular complexity index is 208. The average molecular weight is 164 g/mol. The second-order valence-corrected chi connectivity index (χ2v) is 3.04. The maximum atomic E-state index is 5.94. The van der Waals surface area contributed by atoms with Gasteiger partial charge in [0.25, 0.3) is 0 Å². The fourth-order valence-electron chi connectivity index (χ4n) is 1.19. The first-order valence-electron chi connectivity index (χ1n) is 4.50. The van der Waals surface area contributed by atoms with Crippen molar-refractivity contribution in [3.8, 4) is 0 Å². The topological polar surface area (TPSA) is 38.9 Å². The van der Waals surface area contributed by atoms with E-state index in [-0.39, 0.29) is 6.04 Å². The van der Waals surface area contributed by atoms with E-state index in [1.54, 1.807) is 6.20 Å². The zero-order valence-corrected chi connectivity index (χ0v) is 7.53. The predicted molar refractivity (Wildman–Crippen MR) is 50.7 cm³/mol. The average Bonchev–Trinajstić information content (AvgIpc) is 2.15. The van der Waals surface area contributed by atoms with Gasteiger partial charge in [0.2, 0.25) is 0 Å². The molecular weight excluding hydrogens is 148 g/mol.